The Morgan fingerprint density at radius 3 is 1.38 bits per heavy atom. The first-order valence-corrected chi connectivity index (χ1v) is 16.6. The first-order valence-electron chi connectivity index (χ1n) is 9.45. The van der Waals surface area contributed by atoms with Crippen LogP contribution in [0.1, 0.15) is 12.8 Å². The molecule has 131 valence electrons. The topological polar surface area (TPSA) is 0 Å². The molecule has 0 radical (unpaired) electrons. The number of benzene rings is 2. The quantitative estimate of drug-likeness (QED) is 0.513. The zero-order chi connectivity index (χ0) is 18.2. The monoisotopic (exact) mass is 391 g/mol. The molecule has 0 aliphatic heterocycles. The van der Waals surface area contributed by atoms with Gasteiger partial charge >= 0.3 is 93.9 Å². The molecule has 0 fully saturated rings. The Kier molecular flexibility index (Phi) is 7.25. The van der Waals surface area contributed by atoms with Gasteiger partial charge in [0, 0.05) is 0 Å². The van der Waals surface area contributed by atoms with Gasteiger partial charge in [0.15, 0.2) is 0 Å². The molecule has 2 aromatic carbocycles. The SMILES string of the molecule is C[SiH](C)[Ti]([C]1=CC=CC1)[C]1=CC=CC1.c1ccc(-c2ccccc2)cc1. The summed E-state index contributed by atoms with van der Waals surface area (Å²) in [6.45, 7) is 4.63. The van der Waals surface area contributed by atoms with Gasteiger partial charge in [-0.25, -0.2) is 0 Å². The summed E-state index contributed by atoms with van der Waals surface area (Å²) in [5.41, 5.74) is 2.55. The van der Waals surface area contributed by atoms with Crippen LogP contribution in [-0.4, -0.2) is 6.66 Å². The van der Waals surface area contributed by atoms with Gasteiger partial charge in [-0.05, 0) is 11.1 Å². The molecule has 0 saturated heterocycles. The van der Waals surface area contributed by atoms with Crippen molar-refractivity contribution in [2.45, 2.75) is 25.9 Å². The van der Waals surface area contributed by atoms with Crippen molar-refractivity contribution < 1.29 is 17.1 Å². The van der Waals surface area contributed by atoms with Crippen molar-refractivity contribution in [1.29, 1.82) is 0 Å². The molecule has 0 saturated carbocycles. The Morgan fingerprint density at radius 1 is 0.654 bits per heavy atom. The fraction of sp³-hybridized carbons (Fsp3) is 0.167. The van der Waals surface area contributed by atoms with Crippen LogP contribution in [0.15, 0.2) is 105 Å². The third kappa shape index (κ3) is 5.17. The normalized spacial score (nSPS) is 14.7. The van der Waals surface area contributed by atoms with E-state index in [0.717, 1.165) is 0 Å². The molecule has 0 nitrogen and oxygen atoms in total. The van der Waals surface area contributed by atoms with Gasteiger partial charge in [0.25, 0.3) is 0 Å². The van der Waals surface area contributed by atoms with Gasteiger partial charge in [-0.1, -0.05) is 60.7 Å². The summed E-state index contributed by atoms with van der Waals surface area (Å²) in [5.74, 6) is 0. The molecule has 26 heavy (non-hydrogen) atoms. The van der Waals surface area contributed by atoms with E-state index in [1.54, 1.807) is 0 Å². The molecule has 0 spiro atoms. The van der Waals surface area contributed by atoms with Gasteiger partial charge in [-0.2, -0.15) is 0 Å². The number of hydrogen-bond donors (Lipinski definition) is 0. The maximum atomic E-state index is 2.54. The molecule has 2 aliphatic carbocycles. The van der Waals surface area contributed by atoms with Crippen LogP contribution in [-0.2, 0) is 17.1 Å². The molecule has 0 heterocycles. The summed E-state index contributed by atoms with van der Waals surface area (Å²) >= 11 is -0.972. The summed E-state index contributed by atoms with van der Waals surface area (Å²) in [7, 11) is 0. The van der Waals surface area contributed by atoms with E-state index in [2.05, 4.69) is 98.1 Å². The minimum atomic E-state index is -0.972. The van der Waals surface area contributed by atoms with Gasteiger partial charge in [-0.3, -0.25) is 0 Å². The van der Waals surface area contributed by atoms with Crippen molar-refractivity contribution in [2.75, 3.05) is 0 Å². The van der Waals surface area contributed by atoms with Crippen molar-refractivity contribution in [1.82, 2.24) is 0 Å². The van der Waals surface area contributed by atoms with Crippen molar-refractivity contribution in [3.63, 3.8) is 0 Å². The van der Waals surface area contributed by atoms with Crippen molar-refractivity contribution in [2.24, 2.45) is 0 Å². The molecule has 0 unspecified atom stereocenters. The summed E-state index contributed by atoms with van der Waals surface area (Å²) < 4.78 is 3.64. The van der Waals surface area contributed by atoms with Crippen LogP contribution < -0.4 is 0 Å². The molecule has 0 amide bonds. The smallest absolute Gasteiger partial charge is 0.0184 e. The second kappa shape index (κ2) is 9.87. The molecule has 0 atom stereocenters. The van der Waals surface area contributed by atoms with E-state index in [9.17, 15) is 0 Å². The van der Waals surface area contributed by atoms with Crippen molar-refractivity contribution in [3.8, 4) is 11.1 Å². The Bertz CT molecular complexity index is 746. The molecule has 0 aromatic heterocycles. The molecular formula is C24H27SiTi. The molecule has 2 aromatic rings. The van der Waals surface area contributed by atoms with Gasteiger partial charge in [0.2, 0.25) is 0 Å². The predicted molar refractivity (Wildman–Crippen MR) is 114 cm³/mol. The minimum absolute atomic E-state index is 0.442. The molecular weight excluding hydrogens is 364 g/mol. The van der Waals surface area contributed by atoms with Crippen molar-refractivity contribution in [3.05, 3.63) is 105 Å². The van der Waals surface area contributed by atoms with Crippen LogP contribution in [0.2, 0.25) is 13.1 Å². The molecule has 0 N–H and O–H groups in total. The Morgan fingerprint density at radius 2 is 1.08 bits per heavy atom. The summed E-state index contributed by atoms with van der Waals surface area (Å²) in [6.07, 6.45) is 16.5. The fourth-order valence-corrected chi connectivity index (χ4v) is 16.3. The van der Waals surface area contributed by atoms with Crippen LogP contribution in [0.5, 0.6) is 0 Å². The molecule has 0 bridgehead atoms. The summed E-state index contributed by atoms with van der Waals surface area (Å²) in [6, 6.07) is 20.8. The van der Waals surface area contributed by atoms with Gasteiger partial charge in [0.05, 0.1) is 0 Å². The first kappa shape index (κ1) is 19.1. The largest absolute Gasteiger partial charge is 0.0622 e. The maximum absolute atomic E-state index is 2.54. The average Bonchev–Trinajstić information content (AvgIpc) is 3.39. The van der Waals surface area contributed by atoms with Gasteiger partial charge < -0.3 is 0 Å². The summed E-state index contributed by atoms with van der Waals surface area (Å²) in [5, 5.41) is 0. The second-order valence-electron chi connectivity index (χ2n) is 6.95. The van der Waals surface area contributed by atoms with E-state index in [-0.39, 0.29) is 0 Å². The predicted octanol–water partition coefficient (Wildman–Crippen LogP) is 6.63. The fourth-order valence-electron chi connectivity index (χ4n) is 3.50. The van der Waals surface area contributed by atoms with Crippen LogP contribution in [0, 0.1) is 0 Å². The van der Waals surface area contributed by atoms with Crippen LogP contribution in [0.3, 0.4) is 0 Å². The molecule has 2 heteroatoms. The molecule has 4 rings (SSSR count). The maximum Gasteiger partial charge on any atom is -0.0184 e. The third-order valence-corrected chi connectivity index (χ3v) is 17.6. The average molecular weight is 391 g/mol. The Labute approximate surface area is 165 Å². The second-order valence-corrected chi connectivity index (χ2v) is 20.3. The Hall–Kier alpha value is -1.67. The minimum Gasteiger partial charge on any atom is -0.0622 e. The number of rotatable bonds is 4. The van der Waals surface area contributed by atoms with Crippen molar-refractivity contribution >= 4 is 6.66 Å². The van der Waals surface area contributed by atoms with E-state index in [0.29, 0.717) is 0 Å². The molecule has 2 aliphatic rings. The van der Waals surface area contributed by atoms with Crippen LogP contribution >= 0.6 is 0 Å². The van der Waals surface area contributed by atoms with E-state index in [1.165, 1.54) is 24.0 Å². The Balaban J connectivity index is 0.000000152. The van der Waals surface area contributed by atoms with E-state index in [1.807, 2.05) is 19.9 Å². The van der Waals surface area contributed by atoms with E-state index < -0.39 is 23.8 Å². The number of allylic oxidation sites excluding steroid dienone is 8. The van der Waals surface area contributed by atoms with Crippen LogP contribution in [0.4, 0.5) is 0 Å². The van der Waals surface area contributed by atoms with E-state index in [4.69, 9.17) is 0 Å². The van der Waals surface area contributed by atoms with Crippen LogP contribution in [0.25, 0.3) is 11.1 Å². The third-order valence-electron chi connectivity index (χ3n) is 4.69. The summed E-state index contributed by atoms with van der Waals surface area (Å²) in [4.78, 5) is 0. The zero-order valence-electron chi connectivity index (χ0n) is 15.7. The zero-order valence-corrected chi connectivity index (χ0v) is 18.4. The van der Waals surface area contributed by atoms with Gasteiger partial charge in [-0.15, -0.1) is 0 Å². The number of hydrogen-bond acceptors (Lipinski definition) is 0. The first-order chi connectivity index (χ1) is 12.8. The standard InChI is InChI=1S/C12H10.2C5H5.C2H7Si.Ti/c1-3-7-11(8-4-1)12-9-5-2-6-10-12;2*1-2-4-5-3-1;1-3-2;/h1-10H;2*1-3H,4H2;3H,1-2H3;. The van der Waals surface area contributed by atoms with Gasteiger partial charge in [0.1, 0.15) is 0 Å². The van der Waals surface area contributed by atoms with E-state index >= 15 is 0 Å².